The Balaban J connectivity index is 3.22. The molecule has 2 N–H and O–H groups in total. The van der Waals surface area contributed by atoms with Gasteiger partial charge in [-0.05, 0) is 31.4 Å². The average molecular weight is 249 g/mol. The summed E-state index contributed by atoms with van der Waals surface area (Å²) in [7, 11) is 1.38. The fourth-order valence-electron chi connectivity index (χ4n) is 1.90. The first-order valence-electron chi connectivity index (χ1n) is 5.76. The Labute approximate surface area is 107 Å². The first kappa shape index (κ1) is 14.4. The minimum absolute atomic E-state index is 0.265. The summed E-state index contributed by atoms with van der Waals surface area (Å²) >= 11 is 0. The van der Waals surface area contributed by atoms with Gasteiger partial charge in [0.2, 0.25) is 0 Å². The lowest BCUT2D eigenvalue weighted by molar-refractivity contribution is -0.135. The maximum atomic E-state index is 11.8. The standard InChI is InChI=1S/C14H19NO3/c1-4-12(14(16)17-3)13-8-10(2)6-5-7-11(13)9-18-15/h4-7H,8-9,15H2,1-3H3/b12-4+. The fraction of sp³-hybridized carbons (Fsp3) is 0.357. The van der Waals surface area contributed by atoms with Crippen molar-refractivity contribution >= 4 is 5.97 Å². The van der Waals surface area contributed by atoms with Crippen LogP contribution < -0.4 is 5.90 Å². The van der Waals surface area contributed by atoms with Crippen LogP contribution >= 0.6 is 0 Å². The molecule has 4 nitrogen and oxygen atoms in total. The van der Waals surface area contributed by atoms with E-state index < -0.39 is 0 Å². The molecular weight excluding hydrogens is 230 g/mol. The number of allylic oxidation sites excluding steroid dienone is 4. The molecular formula is C14H19NO3. The molecule has 0 heterocycles. The van der Waals surface area contributed by atoms with Crippen LogP contribution in [0.1, 0.15) is 20.3 Å². The van der Waals surface area contributed by atoms with Gasteiger partial charge in [0.05, 0.1) is 19.3 Å². The molecule has 0 spiro atoms. The van der Waals surface area contributed by atoms with Crippen LogP contribution in [0.15, 0.2) is 46.6 Å². The number of rotatable bonds is 4. The number of hydrogen-bond donors (Lipinski definition) is 1. The fourth-order valence-corrected chi connectivity index (χ4v) is 1.90. The minimum atomic E-state index is -0.342. The van der Waals surface area contributed by atoms with E-state index in [1.807, 2.05) is 32.1 Å². The van der Waals surface area contributed by atoms with Crippen molar-refractivity contribution in [3.8, 4) is 0 Å². The van der Waals surface area contributed by atoms with E-state index in [0.717, 1.165) is 16.7 Å². The second kappa shape index (κ2) is 6.93. The Morgan fingerprint density at radius 3 is 2.83 bits per heavy atom. The Morgan fingerprint density at radius 1 is 1.56 bits per heavy atom. The SMILES string of the molecule is C/C=C(/C(=O)OC)C1=C(CON)C=CC=C(C)C1. The van der Waals surface area contributed by atoms with E-state index in [1.54, 1.807) is 6.08 Å². The Hall–Kier alpha value is -1.65. The van der Waals surface area contributed by atoms with Gasteiger partial charge in [-0.2, -0.15) is 0 Å². The highest BCUT2D eigenvalue weighted by Gasteiger charge is 2.18. The van der Waals surface area contributed by atoms with Crippen LogP contribution in [-0.2, 0) is 14.4 Å². The zero-order valence-corrected chi connectivity index (χ0v) is 11.0. The predicted molar refractivity (Wildman–Crippen MR) is 70.5 cm³/mol. The molecule has 0 aromatic carbocycles. The number of methoxy groups -OCH3 is 1. The van der Waals surface area contributed by atoms with Crippen molar-refractivity contribution < 1.29 is 14.4 Å². The van der Waals surface area contributed by atoms with Gasteiger partial charge in [0, 0.05) is 0 Å². The summed E-state index contributed by atoms with van der Waals surface area (Å²) in [6.07, 6.45) is 8.28. The van der Waals surface area contributed by atoms with Gasteiger partial charge in [0.15, 0.2) is 0 Å². The van der Waals surface area contributed by atoms with Crippen molar-refractivity contribution in [3.63, 3.8) is 0 Å². The molecule has 0 atom stereocenters. The van der Waals surface area contributed by atoms with Crippen molar-refractivity contribution in [3.05, 3.63) is 46.6 Å². The molecule has 0 amide bonds. The van der Waals surface area contributed by atoms with E-state index in [2.05, 4.69) is 0 Å². The van der Waals surface area contributed by atoms with E-state index >= 15 is 0 Å². The van der Waals surface area contributed by atoms with Gasteiger partial charge in [-0.25, -0.2) is 10.7 Å². The van der Waals surface area contributed by atoms with Crippen LogP contribution in [0.25, 0.3) is 0 Å². The number of nitrogens with two attached hydrogens (primary N) is 1. The van der Waals surface area contributed by atoms with Gasteiger partial charge in [-0.1, -0.05) is 29.9 Å². The first-order valence-corrected chi connectivity index (χ1v) is 5.76. The van der Waals surface area contributed by atoms with Gasteiger partial charge in [-0.3, -0.25) is 4.84 Å². The second-order valence-electron chi connectivity index (χ2n) is 4.06. The highest BCUT2D eigenvalue weighted by molar-refractivity contribution is 5.94. The molecule has 4 heteroatoms. The monoisotopic (exact) mass is 249 g/mol. The quantitative estimate of drug-likeness (QED) is 0.471. The van der Waals surface area contributed by atoms with Crippen molar-refractivity contribution in [1.82, 2.24) is 0 Å². The van der Waals surface area contributed by atoms with Crippen LogP contribution in [-0.4, -0.2) is 19.7 Å². The molecule has 0 aromatic rings. The van der Waals surface area contributed by atoms with Crippen LogP contribution in [0.4, 0.5) is 0 Å². The van der Waals surface area contributed by atoms with Crippen LogP contribution in [0.5, 0.6) is 0 Å². The Morgan fingerprint density at radius 2 is 2.28 bits per heavy atom. The summed E-state index contributed by atoms with van der Waals surface area (Å²) in [5.74, 6) is 4.79. The molecule has 0 fully saturated rings. The molecule has 18 heavy (non-hydrogen) atoms. The molecule has 1 aliphatic rings. The predicted octanol–water partition coefficient (Wildman–Crippen LogP) is 2.20. The van der Waals surface area contributed by atoms with Crippen LogP contribution in [0.2, 0.25) is 0 Å². The number of hydrogen-bond acceptors (Lipinski definition) is 4. The maximum Gasteiger partial charge on any atom is 0.337 e. The molecule has 0 aromatic heterocycles. The van der Waals surface area contributed by atoms with E-state index in [0.29, 0.717) is 12.0 Å². The lowest BCUT2D eigenvalue weighted by atomic mass is 9.95. The van der Waals surface area contributed by atoms with E-state index in [9.17, 15) is 4.79 Å². The maximum absolute atomic E-state index is 11.8. The molecule has 0 radical (unpaired) electrons. The molecule has 1 rings (SSSR count). The molecule has 0 bridgehead atoms. The highest BCUT2D eigenvalue weighted by Crippen LogP contribution is 2.27. The highest BCUT2D eigenvalue weighted by atomic mass is 16.6. The zero-order valence-electron chi connectivity index (χ0n) is 11.0. The summed E-state index contributed by atoms with van der Waals surface area (Å²) in [5, 5.41) is 0. The minimum Gasteiger partial charge on any atom is -0.465 e. The van der Waals surface area contributed by atoms with E-state index in [1.165, 1.54) is 7.11 Å². The summed E-state index contributed by atoms with van der Waals surface area (Å²) in [4.78, 5) is 16.5. The number of ether oxygens (including phenoxy) is 1. The van der Waals surface area contributed by atoms with E-state index in [-0.39, 0.29) is 12.6 Å². The second-order valence-corrected chi connectivity index (χ2v) is 4.06. The normalized spacial score (nSPS) is 16.4. The molecule has 98 valence electrons. The average Bonchev–Trinajstić information content (AvgIpc) is 2.53. The largest absolute Gasteiger partial charge is 0.465 e. The van der Waals surface area contributed by atoms with Crippen LogP contribution in [0, 0.1) is 0 Å². The summed E-state index contributed by atoms with van der Waals surface area (Å²) in [6.45, 7) is 4.09. The molecule has 0 saturated heterocycles. The smallest absolute Gasteiger partial charge is 0.337 e. The van der Waals surface area contributed by atoms with Gasteiger partial charge >= 0.3 is 5.97 Å². The van der Waals surface area contributed by atoms with Crippen molar-refractivity contribution in [2.75, 3.05) is 13.7 Å². The van der Waals surface area contributed by atoms with Crippen molar-refractivity contribution in [2.45, 2.75) is 20.3 Å². The van der Waals surface area contributed by atoms with Crippen molar-refractivity contribution in [2.24, 2.45) is 5.90 Å². The van der Waals surface area contributed by atoms with Crippen molar-refractivity contribution in [1.29, 1.82) is 0 Å². The zero-order chi connectivity index (χ0) is 13.5. The lowest BCUT2D eigenvalue weighted by Crippen LogP contribution is -2.12. The topological polar surface area (TPSA) is 61.5 Å². The lowest BCUT2D eigenvalue weighted by Gasteiger charge is -2.13. The molecule has 0 saturated carbocycles. The van der Waals surface area contributed by atoms with Gasteiger partial charge in [0.25, 0.3) is 0 Å². The number of esters is 1. The molecule has 0 aliphatic heterocycles. The third kappa shape index (κ3) is 3.42. The Bertz CT molecular complexity index is 442. The Kier molecular flexibility index (Phi) is 5.55. The summed E-state index contributed by atoms with van der Waals surface area (Å²) < 4.78 is 4.80. The van der Waals surface area contributed by atoms with Crippen LogP contribution in [0.3, 0.4) is 0 Å². The summed E-state index contributed by atoms with van der Waals surface area (Å²) in [6, 6.07) is 0. The molecule has 1 aliphatic carbocycles. The summed E-state index contributed by atoms with van der Waals surface area (Å²) in [5.41, 5.74) is 3.52. The number of carbonyl (C=O) groups excluding carboxylic acids is 1. The van der Waals surface area contributed by atoms with Gasteiger partial charge in [-0.15, -0.1) is 0 Å². The van der Waals surface area contributed by atoms with Gasteiger partial charge in [0.1, 0.15) is 0 Å². The molecule has 0 unspecified atom stereocenters. The first-order chi connectivity index (χ1) is 8.63. The third-order valence-electron chi connectivity index (χ3n) is 2.78. The van der Waals surface area contributed by atoms with Gasteiger partial charge < -0.3 is 4.74 Å². The third-order valence-corrected chi connectivity index (χ3v) is 2.78. The number of carbonyl (C=O) groups is 1. The van der Waals surface area contributed by atoms with E-state index in [4.69, 9.17) is 15.5 Å².